The molecule has 140 valence electrons. The lowest BCUT2D eigenvalue weighted by Gasteiger charge is -2.26. The van der Waals surface area contributed by atoms with Gasteiger partial charge in [0, 0.05) is 15.8 Å². The van der Waals surface area contributed by atoms with Gasteiger partial charge in [-0.05, 0) is 48.7 Å². The third kappa shape index (κ3) is 2.82. The summed E-state index contributed by atoms with van der Waals surface area (Å²) >= 11 is 1.60. The second kappa shape index (κ2) is 6.42. The highest BCUT2D eigenvalue weighted by atomic mass is 32.1. The molecule has 0 saturated heterocycles. The van der Waals surface area contributed by atoms with Gasteiger partial charge in [0.2, 0.25) is 5.88 Å². The number of benzene rings is 1. The summed E-state index contributed by atoms with van der Waals surface area (Å²) in [7, 11) is 0. The Balaban J connectivity index is 1.55. The van der Waals surface area contributed by atoms with Crippen LogP contribution in [0.1, 0.15) is 16.1 Å². The fraction of sp³-hybridized carbons (Fsp3) is 0.150. The first-order chi connectivity index (χ1) is 13.6. The van der Waals surface area contributed by atoms with Gasteiger partial charge in [-0.2, -0.15) is 10.1 Å². The molecule has 6 nitrogen and oxygen atoms in total. The highest BCUT2D eigenvalue weighted by Gasteiger charge is 2.28. The molecule has 0 unspecified atom stereocenters. The molecule has 1 aromatic carbocycles. The van der Waals surface area contributed by atoms with E-state index in [1.54, 1.807) is 33.1 Å². The van der Waals surface area contributed by atoms with Crippen molar-refractivity contribution in [1.29, 1.82) is 0 Å². The summed E-state index contributed by atoms with van der Waals surface area (Å²) in [5, 5.41) is 7.39. The third-order valence-electron chi connectivity index (χ3n) is 4.68. The van der Waals surface area contributed by atoms with Crippen LogP contribution in [0.4, 0.5) is 9.18 Å². The van der Waals surface area contributed by atoms with Crippen molar-refractivity contribution in [2.45, 2.75) is 20.0 Å². The number of nitrogens with zero attached hydrogens (tertiary/aromatic N) is 4. The van der Waals surface area contributed by atoms with Crippen molar-refractivity contribution < 1.29 is 13.9 Å². The Labute approximate surface area is 163 Å². The largest absolute Gasteiger partial charge is 0.417 e. The average molecular weight is 394 g/mol. The van der Waals surface area contributed by atoms with Gasteiger partial charge in [-0.25, -0.2) is 13.9 Å². The second-order valence-electron chi connectivity index (χ2n) is 6.60. The predicted octanol–water partition coefficient (Wildman–Crippen LogP) is 4.44. The molecule has 28 heavy (non-hydrogen) atoms. The third-order valence-corrected chi connectivity index (χ3v) is 5.54. The van der Waals surface area contributed by atoms with Crippen molar-refractivity contribution in [3.05, 3.63) is 69.8 Å². The molecule has 1 amide bonds. The summed E-state index contributed by atoms with van der Waals surface area (Å²) in [6.07, 6.45) is -0.419. The van der Waals surface area contributed by atoms with Crippen LogP contribution in [0, 0.1) is 12.7 Å². The SMILES string of the molecule is Cc1nn(-c2ccc(F)cc2)c2nc3c(cc12)CN(Cc1cccs1)C(=O)O3. The fourth-order valence-corrected chi connectivity index (χ4v) is 4.02. The molecule has 0 aliphatic carbocycles. The number of carbonyl (C=O) groups is 1. The van der Waals surface area contributed by atoms with Gasteiger partial charge >= 0.3 is 6.09 Å². The van der Waals surface area contributed by atoms with E-state index in [1.165, 1.54) is 12.1 Å². The zero-order chi connectivity index (χ0) is 19.3. The summed E-state index contributed by atoms with van der Waals surface area (Å²) in [5.41, 5.74) is 2.90. The van der Waals surface area contributed by atoms with Crippen LogP contribution in [-0.4, -0.2) is 25.8 Å². The first kappa shape index (κ1) is 16.9. The van der Waals surface area contributed by atoms with Crippen LogP contribution in [0.5, 0.6) is 5.88 Å². The Morgan fingerprint density at radius 3 is 2.82 bits per heavy atom. The Kier molecular flexibility index (Phi) is 3.87. The Hall–Kier alpha value is -3.26. The summed E-state index contributed by atoms with van der Waals surface area (Å²) in [4.78, 5) is 19.7. The summed E-state index contributed by atoms with van der Waals surface area (Å²) < 4.78 is 20.4. The van der Waals surface area contributed by atoms with E-state index in [2.05, 4.69) is 10.1 Å². The van der Waals surface area contributed by atoms with Crippen LogP contribution in [-0.2, 0) is 13.1 Å². The van der Waals surface area contributed by atoms with Gasteiger partial charge in [0.25, 0.3) is 0 Å². The van der Waals surface area contributed by atoms with Crippen LogP contribution in [0.2, 0.25) is 0 Å². The number of thiophene rings is 1. The molecule has 1 aliphatic rings. The molecule has 0 bridgehead atoms. The van der Waals surface area contributed by atoms with Crippen molar-refractivity contribution in [2.24, 2.45) is 0 Å². The number of ether oxygens (including phenoxy) is 1. The standard InChI is InChI=1S/C20H15FN4O2S/c1-12-17-9-13-10-24(11-16-3-2-8-28-16)20(26)27-19(13)22-18(17)25(23-12)15-6-4-14(21)5-7-15/h2-9H,10-11H2,1H3. The van der Waals surface area contributed by atoms with Crippen LogP contribution in [0.25, 0.3) is 16.7 Å². The normalized spacial score (nSPS) is 13.6. The molecule has 0 atom stereocenters. The molecule has 4 aromatic rings. The van der Waals surface area contributed by atoms with Gasteiger partial charge < -0.3 is 4.74 Å². The van der Waals surface area contributed by atoms with Crippen LogP contribution >= 0.6 is 11.3 Å². The van der Waals surface area contributed by atoms with Gasteiger partial charge in [-0.15, -0.1) is 11.3 Å². The molecule has 3 aromatic heterocycles. The maximum Gasteiger partial charge on any atom is 0.417 e. The zero-order valence-electron chi connectivity index (χ0n) is 14.9. The number of aromatic nitrogens is 3. The van der Waals surface area contributed by atoms with E-state index in [0.717, 1.165) is 21.5 Å². The van der Waals surface area contributed by atoms with Crippen molar-refractivity contribution in [1.82, 2.24) is 19.7 Å². The maximum absolute atomic E-state index is 13.3. The topological polar surface area (TPSA) is 60.2 Å². The molecule has 1 aliphatic heterocycles. The minimum atomic E-state index is -0.419. The number of pyridine rings is 1. The van der Waals surface area contributed by atoms with Gasteiger partial charge in [0.05, 0.1) is 24.5 Å². The Bertz CT molecular complexity index is 1190. The van der Waals surface area contributed by atoms with Crippen LogP contribution in [0.15, 0.2) is 47.8 Å². The molecule has 8 heteroatoms. The van der Waals surface area contributed by atoms with Crippen LogP contribution < -0.4 is 4.74 Å². The summed E-state index contributed by atoms with van der Waals surface area (Å²) in [6.45, 7) is 2.83. The zero-order valence-corrected chi connectivity index (χ0v) is 15.7. The molecule has 0 radical (unpaired) electrons. The smallest absolute Gasteiger partial charge is 0.391 e. The molecular formula is C20H15FN4O2S. The van der Waals surface area contributed by atoms with E-state index in [4.69, 9.17) is 4.74 Å². The number of halogens is 1. The van der Waals surface area contributed by atoms with E-state index in [1.807, 2.05) is 30.5 Å². The molecule has 0 saturated carbocycles. The number of amides is 1. The van der Waals surface area contributed by atoms with Crippen LogP contribution in [0.3, 0.4) is 0 Å². The lowest BCUT2D eigenvalue weighted by Crippen LogP contribution is -2.36. The summed E-state index contributed by atoms with van der Waals surface area (Å²) in [5.74, 6) is -0.0229. The lowest BCUT2D eigenvalue weighted by atomic mass is 10.1. The van der Waals surface area contributed by atoms with Gasteiger partial charge in [0.1, 0.15) is 5.82 Å². The van der Waals surface area contributed by atoms with E-state index < -0.39 is 6.09 Å². The number of aryl methyl sites for hydroxylation is 1. The Morgan fingerprint density at radius 1 is 1.25 bits per heavy atom. The summed E-state index contributed by atoms with van der Waals surface area (Å²) in [6, 6.07) is 11.9. The fourth-order valence-electron chi connectivity index (χ4n) is 3.30. The van der Waals surface area contributed by atoms with Gasteiger partial charge in [-0.1, -0.05) is 6.07 Å². The van der Waals surface area contributed by atoms with Crippen molar-refractivity contribution in [3.63, 3.8) is 0 Å². The first-order valence-electron chi connectivity index (χ1n) is 8.73. The number of rotatable bonds is 3. The number of carbonyl (C=O) groups excluding carboxylic acids is 1. The van der Waals surface area contributed by atoms with Crippen molar-refractivity contribution >= 4 is 28.5 Å². The molecular weight excluding hydrogens is 379 g/mol. The minimum Gasteiger partial charge on any atom is -0.391 e. The first-order valence-corrected chi connectivity index (χ1v) is 9.61. The number of hydrogen-bond acceptors (Lipinski definition) is 5. The molecule has 0 fully saturated rings. The van der Waals surface area contributed by atoms with E-state index in [-0.39, 0.29) is 5.82 Å². The minimum absolute atomic E-state index is 0.295. The quantitative estimate of drug-likeness (QED) is 0.515. The van der Waals surface area contributed by atoms with E-state index in [9.17, 15) is 9.18 Å². The molecule has 4 heterocycles. The monoisotopic (exact) mass is 394 g/mol. The molecule has 5 rings (SSSR count). The maximum atomic E-state index is 13.3. The molecule has 0 N–H and O–H groups in total. The van der Waals surface area contributed by atoms with E-state index in [0.29, 0.717) is 30.3 Å². The molecule has 0 spiro atoms. The highest BCUT2D eigenvalue weighted by Crippen LogP contribution is 2.31. The van der Waals surface area contributed by atoms with E-state index >= 15 is 0 Å². The Morgan fingerprint density at radius 2 is 2.07 bits per heavy atom. The predicted molar refractivity (Wildman–Crippen MR) is 103 cm³/mol. The highest BCUT2D eigenvalue weighted by molar-refractivity contribution is 7.09. The van der Waals surface area contributed by atoms with Gasteiger partial charge in [-0.3, -0.25) is 4.90 Å². The number of hydrogen-bond donors (Lipinski definition) is 0. The lowest BCUT2D eigenvalue weighted by molar-refractivity contribution is 0.133. The average Bonchev–Trinajstić information content (AvgIpc) is 3.30. The second-order valence-corrected chi connectivity index (χ2v) is 7.63. The van der Waals surface area contributed by atoms with Gasteiger partial charge in [0.15, 0.2) is 5.65 Å². The number of fused-ring (bicyclic) bond motifs is 2. The van der Waals surface area contributed by atoms with Crippen molar-refractivity contribution in [3.8, 4) is 11.6 Å². The van der Waals surface area contributed by atoms with Crippen molar-refractivity contribution in [2.75, 3.05) is 0 Å².